The Morgan fingerprint density at radius 2 is 2.07 bits per heavy atom. The summed E-state index contributed by atoms with van der Waals surface area (Å²) in [5.74, 6) is -0.619. The second-order valence-electron chi connectivity index (χ2n) is 6.31. The first-order valence-electron chi connectivity index (χ1n) is 8.40. The smallest absolute Gasteiger partial charge is 0.412 e. The summed E-state index contributed by atoms with van der Waals surface area (Å²) in [7, 11) is 0. The van der Waals surface area contributed by atoms with Gasteiger partial charge in [0.25, 0.3) is 0 Å². The molecule has 1 amide bonds. The third kappa shape index (κ3) is 4.16. The monoisotopic (exact) mass is 374 g/mol. The zero-order chi connectivity index (χ0) is 19.6. The number of amides is 1. The quantitative estimate of drug-likeness (QED) is 0.827. The van der Waals surface area contributed by atoms with Gasteiger partial charge < -0.3 is 14.6 Å². The van der Waals surface area contributed by atoms with Crippen LogP contribution in [-0.4, -0.2) is 34.8 Å². The summed E-state index contributed by atoms with van der Waals surface area (Å²) in [6, 6.07) is 7.28. The number of carbonyl (C=O) groups is 2. The lowest BCUT2D eigenvalue weighted by Crippen LogP contribution is -2.44. The van der Waals surface area contributed by atoms with Gasteiger partial charge in [0.05, 0.1) is 11.7 Å². The van der Waals surface area contributed by atoms with Crippen molar-refractivity contribution in [3.8, 4) is 5.88 Å². The molecule has 1 aliphatic rings. The molecule has 0 fully saturated rings. The highest BCUT2D eigenvalue weighted by molar-refractivity contribution is 5.89. The van der Waals surface area contributed by atoms with Crippen LogP contribution in [0.4, 0.5) is 14.9 Å². The maximum atomic E-state index is 13.2. The molecule has 0 saturated heterocycles. The van der Waals surface area contributed by atoms with Crippen LogP contribution in [0.2, 0.25) is 0 Å². The summed E-state index contributed by atoms with van der Waals surface area (Å²) in [6.07, 6.45) is -0.728. The van der Waals surface area contributed by atoms with Gasteiger partial charge in [0.15, 0.2) is 0 Å². The molecule has 0 spiro atoms. The number of carbonyl (C=O) groups excluding carboxylic acids is 1. The predicted molar refractivity (Wildman–Crippen MR) is 94.4 cm³/mol. The number of halogens is 1. The highest BCUT2D eigenvalue weighted by Crippen LogP contribution is 2.35. The molecule has 27 heavy (non-hydrogen) atoms. The normalized spacial score (nSPS) is 15.7. The fourth-order valence-corrected chi connectivity index (χ4v) is 2.91. The minimum Gasteiger partial charge on any atom is -0.474 e. The van der Waals surface area contributed by atoms with Crippen LogP contribution in [0.1, 0.15) is 30.7 Å². The molecule has 2 aromatic rings. The summed E-state index contributed by atoms with van der Waals surface area (Å²) in [6.45, 7) is 3.15. The Kier molecular flexibility index (Phi) is 5.25. The van der Waals surface area contributed by atoms with Crippen LogP contribution < -0.4 is 9.64 Å². The van der Waals surface area contributed by atoms with E-state index in [0.717, 1.165) is 5.56 Å². The zero-order valence-corrected chi connectivity index (χ0v) is 14.9. The molecule has 1 aromatic carbocycles. The van der Waals surface area contributed by atoms with E-state index in [9.17, 15) is 19.1 Å². The second kappa shape index (κ2) is 7.61. The van der Waals surface area contributed by atoms with E-state index in [4.69, 9.17) is 9.47 Å². The van der Waals surface area contributed by atoms with Gasteiger partial charge in [0.1, 0.15) is 24.7 Å². The van der Waals surface area contributed by atoms with Gasteiger partial charge >= 0.3 is 12.1 Å². The molecule has 0 bridgehead atoms. The first kappa shape index (κ1) is 18.6. The molecule has 0 saturated carbocycles. The Morgan fingerprint density at radius 3 is 2.70 bits per heavy atom. The molecule has 0 aliphatic carbocycles. The first-order valence-corrected chi connectivity index (χ1v) is 8.40. The lowest BCUT2D eigenvalue weighted by atomic mass is 10.0. The second-order valence-corrected chi connectivity index (χ2v) is 6.31. The molecular formula is C19H19FN2O5. The molecule has 0 radical (unpaired) electrons. The van der Waals surface area contributed by atoms with Crippen LogP contribution in [-0.2, 0) is 22.6 Å². The van der Waals surface area contributed by atoms with Crippen molar-refractivity contribution in [2.45, 2.75) is 32.9 Å². The predicted octanol–water partition coefficient (Wildman–Crippen LogP) is 3.14. The van der Waals surface area contributed by atoms with Crippen molar-refractivity contribution in [1.29, 1.82) is 0 Å². The molecule has 142 valence electrons. The lowest BCUT2D eigenvalue weighted by Gasteiger charge is -2.32. The van der Waals surface area contributed by atoms with E-state index in [1.807, 2.05) is 0 Å². The van der Waals surface area contributed by atoms with Gasteiger partial charge in [0, 0.05) is 6.92 Å². The van der Waals surface area contributed by atoms with Crippen LogP contribution in [0, 0.1) is 5.82 Å². The number of benzene rings is 1. The molecule has 1 aliphatic heterocycles. The summed E-state index contributed by atoms with van der Waals surface area (Å²) < 4.78 is 23.8. The fraction of sp³-hybridized carbons (Fsp3) is 0.316. The van der Waals surface area contributed by atoms with E-state index in [2.05, 4.69) is 4.98 Å². The molecule has 1 aromatic heterocycles. The maximum Gasteiger partial charge on any atom is 0.412 e. The lowest BCUT2D eigenvalue weighted by molar-refractivity contribution is -0.142. The number of hydrogen-bond acceptors (Lipinski definition) is 5. The number of carboxylic acid groups (broad SMARTS) is 1. The SMILES string of the molecule is CC(=O)OCc1nc2c(cc1Cc1ccc(F)cc1)N(C(=O)O)C(C)CO2. The van der Waals surface area contributed by atoms with Gasteiger partial charge in [-0.05, 0) is 42.7 Å². The Hall–Kier alpha value is -3.16. The Balaban J connectivity index is 2.03. The summed E-state index contributed by atoms with van der Waals surface area (Å²) >= 11 is 0. The average Bonchev–Trinajstić information content (AvgIpc) is 2.61. The van der Waals surface area contributed by atoms with Crippen molar-refractivity contribution in [2.75, 3.05) is 11.5 Å². The topological polar surface area (TPSA) is 89.0 Å². The van der Waals surface area contributed by atoms with E-state index in [1.165, 1.54) is 24.0 Å². The van der Waals surface area contributed by atoms with Crippen molar-refractivity contribution in [1.82, 2.24) is 4.98 Å². The molecule has 1 atom stereocenters. The molecular weight excluding hydrogens is 355 g/mol. The number of ether oxygens (including phenoxy) is 2. The van der Waals surface area contributed by atoms with Crippen LogP contribution >= 0.6 is 0 Å². The number of pyridine rings is 1. The summed E-state index contributed by atoms with van der Waals surface area (Å²) in [5.41, 5.74) is 2.29. The first-order chi connectivity index (χ1) is 12.8. The van der Waals surface area contributed by atoms with Crippen molar-refractivity contribution in [3.63, 3.8) is 0 Å². The van der Waals surface area contributed by atoms with Gasteiger partial charge in [-0.3, -0.25) is 9.69 Å². The van der Waals surface area contributed by atoms with Crippen molar-refractivity contribution < 1.29 is 28.6 Å². The van der Waals surface area contributed by atoms with Crippen molar-refractivity contribution in [2.24, 2.45) is 0 Å². The number of anilines is 1. The van der Waals surface area contributed by atoms with E-state index in [-0.39, 0.29) is 31.0 Å². The van der Waals surface area contributed by atoms with Gasteiger partial charge in [0.2, 0.25) is 5.88 Å². The van der Waals surface area contributed by atoms with Gasteiger partial charge in [-0.25, -0.2) is 14.2 Å². The van der Waals surface area contributed by atoms with Crippen LogP contribution in [0.5, 0.6) is 5.88 Å². The van der Waals surface area contributed by atoms with Gasteiger partial charge in [-0.2, -0.15) is 0 Å². The zero-order valence-electron chi connectivity index (χ0n) is 14.9. The number of aromatic nitrogens is 1. The third-order valence-corrected chi connectivity index (χ3v) is 4.22. The van der Waals surface area contributed by atoms with Crippen LogP contribution in [0.25, 0.3) is 0 Å². The van der Waals surface area contributed by atoms with E-state index in [1.54, 1.807) is 25.1 Å². The standard InChI is InChI=1S/C19H19FN2O5/c1-11-9-27-18-17(22(11)19(24)25)8-14(16(21-18)10-26-12(2)23)7-13-3-5-15(20)6-4-13/h3-6,8,11H,7,9-10H2,1-2H3,(H,24,25). The largest absolute Gasteiger partial charge is 0.474 e. The molecule has 2 heterocycles. The Morgan fingerprint density at radius 1 is 1.37 bits per heavy atom. The highest BCUT2D eigenvalue weighted by Gasteiger charge is 2.31. The Labute approximate surface area is 155 Å². The molecule has 3 rings (SSSR count). The minimum absolute atomic E-state index is 0.0644. The van der Waals surface area contributed by atoms with E-state index in [0.29, 0.717) is 23.4 Å². The Bertz CT molecular complexity index is 869. The van der Waals surface area contributed by atoms with Crippen molar-refractivity contribution in [3.05, 3.63) is 53.0 Å². The number of nitrogens with zero attached hydrogens (tertiary/aromatic N) is 2. The third-order valence-electron chi connectivity index (χ3n) is 4.22. The van der Waals surface area contributed by atoms with Crippen LogP contribution in [0.15, 0.2) is 30.3 Å². The highest BCUT2D eigenvalue weighted by atomic mass is 19.1. The number of rotatable bonds is 4. The van der Waals surface area contributed by atoms with E-state index >= 15 is 0 Å². The number of esters is 1. The summed E-state index contributed by atoms with van der Waals surface area (Å²) in [5, 5.41) is 9.54. The number of hydrogen-bond donors (Lipinski definition) is 1. The molecule has 1 N–H and O–H groups in total. The van der Waals surface area contributed by atoms with Crippen LogP contribution in [0.3, 0.4) is 0 Å². The molecule has 1 unspecified atom stereocenters. The number of fused-ring (bicyclic) bond motifs is 1. The van der Waals surface area contributed by atoms with Gasteiger partial charge in [-0.15, -0.1) is 0 Å². The fourth-order valence-electron chi connectivity index (χ4n) is 2.91. The minimum atomic E-state index is -1.10. The van der Waals surface area contributed by atoms with Crippen molar-refractivity contribution >= 4 is 17.7 Å². The molecule has 8 heteroatoms. The summed E-state index contributed by atoms with van der Waals surface area (Å²) in [4.78, 5) is 28.4. The molecule has 7 nitrogen and oxygen atoms in total. The van der Waals surface area contributed by atoms with Gasteiger partial charge in [-0.1, -0.05) is 12.1 Å². The maximum absolute atomic E-state index is 13.2. The van der Waals surface area contributed by atoms with E-state index < -0.39 is 12.1 Å². The average molecular weight is 374 g/mol.